The van der Waals surface area contributed by atoms with Crippen molar-refractivity contribution in [3.8, 4) is 0 Å². The van der Waals surface area contributed by atoms with Crippen LogP contribution in [-0.2, 0) is 19.4 Å². The summed E-state index contributed by atoms with van der Waals surface area (Å²) in [5.74, 6) is -1.67. The molecule has 1 radical (unpaired) electrons. The summed E-state index contributed by atoms with van der Waals surface area (Å²) in [6.07, 6.45) is 5.74. The number of amides is 2. The summed E-state index contributed by atoms with van der Waals surface area (Å²) >= 11 is 0. The summed E-state index contributed by atoms with van der Waals surface area (Å²) in [6, 6.07) is 6.78. The lowest BCUT2D eigenvalue weighted by Gasteiger charge is -2.43. The minimum atomic E-state index is -4.32. The van der Waals surface area contributed by atoms with E-state index in [1.54, 1.807) is 4.90 Å². The molecule has 1 aromatic rings. The number of sulfone groups is 1. The summed E-state index contributed by atoms with van der Waals surface area (Å²) in [5.41, 5.74) is 5.29. The Morgan fingerprint density at radius 3 is 2.76 bits per heavy atom. The van der Waals surface area contributed by atoms with Crippen LogP contribution in [0.25, 0.3) is 0 Å². The van der Waals surface area contributed by atoms with Crippen LogP contribution in [-0.4, -0.2) is 42.8 Å². The molecule has 8 nitrogen and oxygen atoms in total. The van der Waals surface area contributed by atoms with E-state index in [1.165, 1.54) is 18.2 Å². The van der Waals surface area contributed by atoms with Crippen molar-refractivity contribution in [3.05, 3.63) is 58.4 Å². The maximum Gasteiger partial charge on any atom is 0.262 e. The second-order valence-electron chi connectivity index (χ2n) is 9.53. The van der Waals surface area contributed by atoms with Gasteiger partial charge in [0.2, 0.25) is 9.84 Å². The number of carbonyl (C=O) groups excluding carboxylic acids is 2. The van der Waals surface area contributed by atoms with Gasteiger partial charge < -0.3 is 21.1 Å². The van der Waals surface area contributed by atoms with E-state index in [9.17, 15) is 23.1 Å². The van der Waals surface area contributed by atoms with E-state index in [-0.39, 0.29) is 51.4 Å². The fourth-order valence-corrected chi connectivity index (χ4v) is 7.17. The zero-order valence-electron chi connectivity index (χ0n) is 18.4. The highest BCUT2D eigenvalue weighted by Gasteiger charge is 2.55. The van der Waals surface area contributed by atoms with Gasteiger partial charge in [0.1, 0.15) is 11.3 Å². The van der Waals surface area contributed by atoms with Crippen LogP contribution in [0.5, 0.6) is 0 Å². The Kier molecular flexibility index (Phi) is 4.93. The number of nitrogens with two attached hydrogens (primary N) is 1. The van der Waals surface area contributed by atoms with Crippen LogP contribution in [0.3, 0.4) is 0 Å². The highest BCUT2D eigenvalue weighted by molar-refractivity contribution is 7.96. The average molecular weight is 469 g/mol. The van der Waals surface area contributed by atoms with E-state index in [2.05, 4.69) is 37.4 Å². The molecule has 0 saturated heterocycles. The van der Waals surface area contributed by atoms with Gasteiger partial charge in [0.05, 0.1) is 16.3 Å². The molecule has 2 amide bonds. The van der Waals surface area contributed by atoms with Crippen molar-refractivity contribution in [2.24, 2.45) is 29.4 Å². The lowest BCUT2D eigenvalue weighted by atomic mass is 9.80. The van der Waals surface area contributed by atoms with Gasteiger partial charge in [0, 0.05) is 18.5 Å². The largest absolute Gasteiger partial charge is 0.511 e. The van der Waals surface area contributed by atoms with E-state index in [0.717, 1.165) is 12.8 Å². The molecule has 1 saturated carbocycles. The SMILES string of the molecule is CC(C)CCN1C(=O)C(C2=C(C(N)=O)S(=O)(=O)c3c[c]ccc3N2)=C(O)C2C3C=CC(C3)C21. The molecule has 4 N–H and O–H groups in total. The third-order valence-corrected chi connectivity index (χ3v) is 8.98. The third-order valence-electron chi connectivity index (χ3n) is 7.12. The second-order valence-corrected chi connectivity index (χ2v) is 11.4. The van der Waals surface area contributed by atoms with Crippen molar-refractivity contribution in [2.75, 3.05) is 11.9 Å². The molecular formula is C24H26N3O5S. The molecule has 1 aromatic carbocycles. The fraction of sp³-hybridized carbons (Fsp3) is 0.417. The quantitative estimate of drug-likeness (QED) is 0.569. The number of benzene rings is 1. The summed E-state index contributed by atoms with van der Waals surface area (Å²) in [4.78, 5) is 27.1. The molecule has 4 unspecified atom stereocenters. The van der Waals surface area contributed by atoms with Crippen molar-refractivity contribution >= 4 is 27.3 Å². The van der Waals surface area contributed by atoms with Gasteiger partial charge >= 0.3 is 0 Å². The first-order chi connectivity index (χ1) is 15.6. The van der Waals surface area contributed by atoms with Crippen molar-refractivity contribution in [1.82, 2.24) is 4.90 Å². The molecule has 9 heteroatoms. The Hall–Kier alpha value is -3.07. The number of nitrogens with one attached hydrogen (secondary N) is 1. The Labute approximate surface area is 192 Å². The highest BCUT2D eigenvalue weighted by atomic mass is 32.2. The van der Waals surface area contributed by atoms with Gasteiger partial charge in [-0.25, -0.2) is 8.42 Å². The molecule has 1 fully saturated rings. The molecule has 2 heterocycles. The monoisotopic (exact) mass is 468 g/mol. The smallest absolute Gasteiger partial charge is 0.262 e. The standard InChI is InChI=1S/C24H26N3O5S/c1-12(2)9-10-27-20-14-8-7-13(11-14)17(20)21(28)18(24(27)30)19-22(23(25)29)33(31,32)16-6-4-3-5-15(16)26-19/h3,5-8,12-14,17,20,26,28H,9-11H2,1-2H3,(H2,25,29). The number of rotatable bonds is 5. The molecule has 2 bridgehead atoms. The molecular weight excluding hydrogens is 442 g/mol. The molecule has 2 aliphatic heterocycles. The minimum Gasteiger partial charge on any atom is -0.511 e. The number of carbonyl (C=O) groups is 2. The molecule has 2 aliphatic carbocycles. The summed E-state index contributed by atoms with van der Waals surface area (Å²) in [7, 11) is -4.32. The zero-order valence-corrected chi connectivity index (χ0v) is 19.2. The molecule has 0 aromatic heterocycles. The number of aliphatic hydroxyl groups excluding tert-OH is 1. The van der Waals surface area contributed by atoms with Crippen molar-refractivity contribution < 1.29 is 23.1 Å². The van der Waals surface area contributed by atoms with E-state index < -0.39 is 26.6 Å². The van der Waals surface area contributed by atoms with Gasteiger partial charge in [0.25, 0.3) is 11.8 Å². The van der Waals surface area contributed by atoms with E-state index in [0.29, 0.717) is 12.5 Å². The topological polar surface area (TPSA) is 130 Å². The predicted octanol–water partition coefficient (Wildman–Crippen LogP) is 2.27. The van der Waals surface area contributed by atoms with Crippen LogP contribution in [0.15, 0.2) is 57.2 Å². The number of hydrogen-bond acceptors (Lipinski definition) is 6. The lowest BCUT2D eigenvalue weighted by molar-refractivity contribution is -0.132. The Balaban J connectivity index is 1.71. The summed E-state index contributed by atoms with van der Waals surface area (Å²) in [5, 5.41) is 14.3. The Morgan fingerprint density at radius 2 is 2.06 bits per heavy atom. The van der Waals surface area contributed by atoms with Crippen LogP contribution in [0.4, 0.5) is 5.69 Å². The maximum atomic E-state index is 13.8. The van der Waals surface area contributed by atoms with Gasteiger partial charge in [-0.3, -0.25) is 9.59 Å². The van der Waals surface area contributed by atoms with Crippen molar-refractivity contribution in [3.63, 3.8) is 0 Å². The number of allylic oxidation sites excluding steroid dienone is 1. The third kappa shape index (κ3) is 3.13. The van der Waals surface area contributed by atoms with Crippen LogP contribution in [0.1, 0.15) is 26.7 Å². The molecule has 173 valence electrons. The molecule has 4 aliphatic rings. The summed E-state index contributed by atoms with van der Waals surface area (Å²) < 4.78 is 26.6. The van der Waals surface area contributed by atoms with Crippen LogP contribution >= 0.6 is 0 Å². The average Bonchev–Trinajstić information content (AvgIpc) is 3.35. The molecule has 4 atom stereocenters. The first-order valence-corrected chi connectivity index (χ1v) is 12.6. The number of primary amides is 1. The number of fused-ring (bicyclic) bond motifs is 6. The van der Waals surface area contributed by atoms with Gasteiger partial charge in [-0.1, -0.05) is 32.1 Å². The zero-order chi connectivity index (χ0) is 23.7. The predicted molar refractivity (Wildman–Crippen MR) is 121 cm³/mol. The number of aliphatic hydroxyl groups is 1. The van der Waals surface area contributed by atoms with Gasteiger partial charge in [-0.2, -0.15) is 0 Å². The van der Waals surface area contributed by atoms with Gasteiger partial charge in [-0.15, -0.1) is 0 Å². The molecule has 5 rings (SSSR count). The Morgan fingerprint density at radius 1 is 1.33 bits per heavy atom. The lowest BCUT2D eigenvalue weighted by Crippen LogP contribution is -2.53. The van der Waals surface area contributed by atoms with Crippen molar-refractivity contribution in [2.45, 2.75) is 37.6 Å². The van der Waals surface area contributed by atoms with Crippen LogP contribution in [0.2, 0.25) is 0 Å². The molecule has 0 spiro atoms. The fourth-order valence-electron chi connectivity index (χ4n) is 5.63. The van der Waals surface area contributed by atoms with Crippen molar-refractivity contribution in [1.29, 1.82) is 0 Å². The maximum absolute atomic E-state index is 13.8. The minimum absolute atomic E-state index is 0.0457. The van der Waals surface area contributed by atoms with Gasteiger partial charge in [0.15, 0.2) is 4.91 Å². The summed E-state index contributed by atoms with van der Waals surface area (Å²) in [6.45, 7) is 4.61. The first-order valence-electron chi connectivity index (χ1n) is 11.1. The number of hydrogen-bond donors (Lipinski definition) is 3. The second kappa shape index (κ2) is 7.48. The van der Waals surface area contributed by atoms with Crippen LogP contribution < -0.4 is 11.1 Å². The van der Waals surface area contributed by atoms with Crippen LogP contribution in [0, 0.1) is 29.7 Å². The first kappa shape index (κ1) is 21.8. The Bertz CT molecular complexity index is 1260. The normalized spacial score (nSPS) is 29.4. The number of anilines is 1. The highest BCUT2D eigenvalue weighted by Crippen LogP contribution is 2.53. The van der Waals surface area contributed by atoms with E-state index in [1.807, 2.05) is 0 Å². The van der Waals surface area contributed by atoms with E-state index >= 15 is 0 Å². The van der Waals surface area contributed by atoms with Gasteiger partial charge in [-0.05, 0) is 48.8 Å². The number of nitrogens with zero attached hydrogens (tertiary/aromatic N) is 1. The van der Waals surface area contributed by atoms with E-state index in [4.69, 9.17) is 5.73 Å². The molecule has 33 heavy (non-hydrogen) atoms.